The van der Waals surface area contributed by atoms with Crippen molar-refractivity contribution in [2.75, 3.05) is 7.11 Å². The molecular formula is C27H23BrCl3N3O3. The number of aromatic nitrogens is 2. The van der Waals surface area contributed by atoms with E-state index in [1.165, 1.54) is 18.0 Å². The van der Waals surface area contributed by atoms with Gasteiger partial charge in [0.1, 0.15) is 12.4 Å². The van der Waals surface area contributed by atoms with E-state index in [1.807, 2.05) is 32.0 Å². The topological polar surface area (TPSA) is 65.7 Å². The second kappa shape index (κ2) is 11.9. The van der Waals surface area contributed by atoms with Crippen molar-refractivity contribution < 1.29 is 9.47 Å². The Labute approximate surface area is 237 Å². The van der Waals surface area contributed by atoms with Crippen LogP contribution in [0.25, 0.3) is 10.9 Å². The fourth-order valence-electron chi connectivity index (χ4n) is 3.67. The molecule has 192 valence electrons. The quantitative estimate of drug-likeness (QED) is 0.186. The summed E-state index contributed by atoms with van der Waals surface area (Å²) in [5.74, 6) is 1.39. The highest BCUT2D eigenvalue weighted by Gasteiger charge is 2.17. The van der Waals surface area contributed by atoms with Crippen LogP contribution < -0.4 is 15.0 Å². The van der Waals surface area contributed by atoms with Gasteiger partial charge in [0.15, 0.2) is 11.5 Å². The lowest BCUT2D eigenvalue weighted by Gasteiger charge is -2.16. The lowest BCUT2D eigenvalue weighted by atomic mass is 10.1. The highest BCUT2D eigenvalue weighted by atomic mass is 79.9. The molecular weight excluding hydrogens is 601 g/mol. The number of hydrogen-bond donors (Lipinski definition) is 0. The van der Waals surface area contributed by atoms with Gasteiger partial charge in [-0.05, 0) is 48.4 Å². The zero-order valence-corrected chi connectivity index (χ0v) is 24.1. The van der Waals surface area contributed by atoms with Gasteiger partial charge in [-0.1, -0.05) is 70.6 Å². The van der Waals surface area contributed by atoms with Crippen LogP contribution in [0.1, 0.15) is 43.1 Å². The largest absolute Gasteiger partial charge is 0.493 e. The maximum atomic E-state index is 13.5. The van der Waals surface area contributed by atoms with Gasteiger partial charge in [-0.15, -0.1) is 0 Å². The van der Waals surface area contributed by atoms with Crippen LogP contribution in [0, 0.1) is 0 Å². The van der Waals surface area contributed by atoms with Crippen LogP contribution in [0.3, 0.4) is 0 Å². The van der Waals surface area contributed by atoms with Gasteiger partial charge in [-0.25, -0.2) is 4.98 Å². The Balaban J connectivity index is 1.80. The summed E-state index contributed by atoms with van der Waals surface area (Å²) in [7, 11) is 1.52. The number of methoxy groups -OCH3 is 1. The van der Waals surface area contributed by atoms with Crippen LogP contribution in [-0.4, -0.2) is 23.0 Å². The third kappa shape index (κ3) is 6.12. The number of rotatable bonds is 8. The fraction of sp³-hybridized carbons (Fsp3) is 0.222. The number of nitrogens with zero attached hydrogens (tertiary/aromatic N) is 3. The highest BCUT2D eigenvalue weighted by Crippen LogP contribution is 2.35. The molecule has 1 atom stereocenters. The Morgan fingerprint density at radius 1 is 1.11 bits per heavy atom. The van der Waals surface area contributed by atoms with Crippen LogP contribution in [-0.2, 0) is 6.61 Å². The van der Waals surface area contributed by atoms with Gasteiger partial charge in [0.2, 0.25) is 0 Å². The summed E-state index contributed by atoms with van der Waals surface area (Å²) in [6, 6.07) is 14.0. The molecule has 0 aliphatic rings. The van der Waals surface area contributed by atoms with Crippen molar-refractivity contribution in [3.05, 3.63) is 95.4 Å². The van der Waals surface area contributed by atoms with Crippen molar-refractivity contribution in [3.8, 4) is 11.5 Å². The summed E-state index contributed by atoms with van der Waals surface area (Å²) >= 11 is 22.0. The maximum Gasteiger partial charge on any atom is 0.282 e. The average molecular weight is 624 g/mol. The van der Waals surface area contributed by atoms with E-state index in [2.05, 4.69) is 21.0 Å². The molecule has 1 heterocycles. The van der Waals surface area contributed by atoms with Crippen LogP contribution in [0.2, 0.25) is 15.1 Å². The van der Waals surface area contributed by atoms with Crippen molar-refractivity contribution in [2.45, 2.75) is 32.8 Å². The minimum Gasteiger partial charge on any atom is -0.493 e. The van der Waals surface area contributed by atoms with Gasteiger partial charge in [0.05, 0.1) is 34.3 Å². The Bertz CT molecular complexity index is 1560. The number of ether oxygens (including phenoxy) is 2. The van der Waals surface area contributed by atoms with Crippen LogP contribution in [0.5, 0.6) is 11.5 Å². The van der Waals surface area contributed by atoms with E-state index in [0.717, 1.165) is 16.5 Å². The SMILES string of the molecule is CC[C@@H](C)c1nc2ccc(Br)cc2c(=O)n1N=Cc1cc(Cl)cc(OC)c1OCc1ccc(Cl)c(Cl)c1. The Hall–Kier alpha value is -2.58. The predicted molar refractivity (Wildman–Crippen MR) is 154 cm³/mol. The molecule has 0 bridgehead atoms. The molecule has 0 fully saturated rings. The van der Waals surface area contributed by atoms with Crippen molar-refractivity contribution in [1.29, 1.82) is 0 Å². The fourth-order valence-corrected chi connectivity index (χ4v) is 4.57. The molecule has 0 spiro atoms. The Kier molecular flexibility index (Phi) is 8.80. The minimum atomic E-state index is -0.273. The van der Waals surface area contributed by atoms with Gasteiger partial charge in [0, 0.05) is 27.0 Å². The van der Waals surface area contributed by atoms with Crippen LogP contribution >= 0.6 is 50.7 Å². The van der Waals surface area contributed by atoms with E-state index in [4.69, 9.17) is 49.3 Å². The molecule has 1 aromatic heterocycles. The first-order valence-electron chi connectivity index (χ1n) is 11.4. The van der Waals surface area contributed by atoms with Crippen molar-refractivity contribution >= 4 is 67.9 Å². The second-order valence-corrected chi connectivity index (χ2v) is 10.5. The Morgan fingerprint density at radius 3 is 2.59 bits per heavy atom. The van der Waals surface area contributed by atoms with E-state index < -0.39 is 0 Å². The van der Waals surface area contributed by atoms with Crippen LogP contribution in [0.15, 0.2) is 62.9 Å². The van der Waals surface area contributed by atoms with Gasteiger partial charge in [-0.3, -0.25) is 4.79 Å². The molecule has 0 aliphatic heterocycles. The van der Waals surface area contributed by atoms with Gasteiger partial charge in [-0.2, -0.15) is 9.78 Å². The average Bonchev–Trinajstić information content (AvgIpc) is 2.88. The molecule has 0 saturated carbocycles. The summed E-state index contributed by atoms with van der Waals surface area (Å²) in [5, 5.41) is 6.32. The predicted octanol–water partition coefficient (Wildman–Crippen LogP) is 8.10. The van der Waals surface area contributed by atoms with Crippen molar-refractivity contribution in [3.63, 3.8) is 0 Å². The molecule has 6 nitrogen and oxygen atoms in total. The molecule has 0 unspecified atom stereocenters. The van der Waals surface area contributed by atoms with Crippen molar-refractivity contribution in [2.24, 2.45) is 5.10 Å². The molecule has 0 aliphatic carbocycles. The van der Waals surface area contributed by atoms with E-state index >= 15 is 0 Å². The van der Waals surface area contributed by atoms with Crippen molar-refractivity contribution in [1.82, 2.24) is 9.66 Å². The second-order valence-electron chi connectivity index (χ2n) is 8.37. The first kappa shape index (κ1) is 27.5. The van der Waals surface area contributed by atoms with E-state index in [0.29, 0.717) is 48.9 Å². The van der Waals surface area contributed by atoms with Gasteiger partial charge < -0.3 is 9.47 Å². The summed E-state index contributed by atoms with van der Waals surface area (Å²) in [5.41, 5.74) is 1.68. The molecule has 0 radical (unpaired) electrons. The van der Waals surface area contributed by atoms with E-state index in [1.54, 1.807) is 30.3 Å². The number of fused-ring (bicyclic) bond motifs is 1. The molecule has 0 N–H and O–H groups in total. The molecule has 10 heteroatoms. The zero-order valence-electron chi connectivity index (χ0n) is 20.3. The first-order valence-corrected chi connectivity index (χ1v) is 13.3. The third-order valence-corrected chi connectivity index (χ3v) is 7.28. The first-order chi connectivity index (χ1) is 17.7. The summed E-state index contributed by atoms with van der Waals surface area (Å²) < 4.78 is 13.7. The molecule has 4 rings (SSSR count). The van der Waals surface area contributed by atoms with E-state index in [-0.39, 0.29) is 18.1 Å². The third-order valence-electron chi connectivity index (χ3n) is 5.83. The van der Waals surface area contributed by atoms with E-state index in [9.17, 15) is 4.79 Å². The van der Waals surface area contributed by atoms with Gasteiger partial charge in [0.25, 0.3) is 5.56 Å². The molecule has 3 aromatic carbocycles. The molecule has 4 aromatic rings. The van der Waals surface area contributed by atoms with Crippen LogP contribution in [0.4, 0.5) is 0 Å². The zero-order chi connectivity index (χ0) is 26.7. The minimum absolute atomic E-state index is 0.00262. The number of hydrogen-bond acceptors (Lipinski definition) is 5. The monoisotopic (exact) mass is 621 g/mol. The normalized spacial score (nSPS) is 12.3. The van der Waals surface area contributed by atoms with Gasteiger partial charge >= 0.3 is 0 Å². The highest BCUT2D eigenvalue weighted by molar-refractivity contribution is 9.10. The lowest BCUT2D eigenvalue weighted by Crippen LogP contribution is -2.23. The summed E-state index contributed by atoms with van der Waals surface area (Å²) in [6.07, 6.45) is 2.31. The number of benzene rings is 3. The molecule has 37 heavy (non-hydrogen) atoms. The maximum absolute atomic E-state index is 13.5. The molecule has 0 amide bonds. The Morgan fingerprint density at radius 2 is 1.89 bits per heavy atom. The summed E-state index contributed by atoms with van der Waals surface area (Å²) in [6.45, 7) is 4.24. The summed E-state index contributed by atoms with van der Waals surface area (Å²) in [4.78, 5) is 18.2. The standard InChI is InChI=1S/C27H23BrCl3N3O3/c1-4-15(2)26-33-23-8-6-18(28)11-20(23)27(35)34(26)32-13-17-10-19(29)12-24(36-3)25(17)37-14-16-5-7-21(30)22(31)9-16/h5-13,15H,4,14H2,1-3H3/t15-/m1/s1. The number of halogens is 4. The lowest BCUT2D eigenvalue weighted by molar-refractivity contribution is 0.284. The molecule has 0 saturated heterocycles. The smallest absolute Gasteiger partial charge is 0.282 e.